The van der Waals surface area contributed by atoms with Crippen LogP contribution in [0.4, 0.5) is 17.6 Å². The molecule has 0 aromatic heterocycles. The lowest BCUT2D eigenvalue weighted by molar-refractivity contribution is -0.263. The zero-order valence-corrected chi connectivity index (χ0v) is 14.2. The normalized spacial score (nSPS) is 14.7. The Labute approximate surface area is 147 Å². The molecular formula is C16H15F4NO4S. The van der Waals surface area contributed by atoms with E-state index in [9.17, 15) is 31.1 Å². The Morgan fingerprint density at radius 3 is 2.27 bits per heavy atom. The van der Waals surface area contributed by atoms with Gasteiger partial charge >= 0.3 is 6.18 Å². The smallest absolute Gasteiger partial charge is 0.422 e. The fourth-order valence-corrected chi connectivity index (χ4v) is 3.46. The van der Waals surface area contributed by atoms with Gasteiger partial charge in [0.15, 0.2) is 5.60 Å². The SMILES string of the molecule is COc1ccc(F)cc1S(=O)(=O)NC[C@@](O)(c1ccccc1)C(F)(F)F. The molecule has 0 heterocycles. The minimum absolute atomic E-state index is 0.255. The second kappa shape index (κ2) is 7.22. The van der Waals surface area contributed by atoms with Crippen LogP contribution in [0.1, 0.15) is 5.56 Å². The molecule has 5 nitrogen and oxygen atoms in total. The van der Waals surface area contributed by atoms with Gasteiger partial charge in [0.05, 0.1) is 13.7 Å². The molecule has 1 atom stereocenters. The highest BCUT2D eigenvalue weighted by Gasteiger charge is 2.55. The minimum atomic E-state index is -5.16. The van der Waals surface area contributed by atoms with Crippen LogP contribution in [0.25, 0.3) is 0 Å². The molecule has 0 spiro atoms. The Morgan fingerprint density at radius 1 is 1.12 bits per heavy atom. The summed E-state index contributed by atoms with van der Waals surface area (Å²) in [6.45, 7) is -1.40. The van der Waals surface area contributed by atoms with E-state index in [4.69, 9.17) is 4.74 Å². The second-order valence-corrected chi connectivity index (χ2v) is 7.08. The Balaban J connectivity index is 2.39. The predicted octanol–water partition coefficient (Wildman–Crippen LogP) is 2.56. The lowest BCUT2D eigenvalue weighted by Gasteiger charge is -2.31. The first-order chi connectivity index (χ1) is 12.0. The van der Waals surface area contributed by atoms with E-state index in [2.05, 4.69) is 0 Å². The van der Waals surface area contributed by atoms with Gasteiger partial charge in [-0.1, -0.05) is 30.3 Å². The maximum absolute atomic E-state index is 13.4. The molecule has 10 heteroatoms. The van der Waals surface area contributed by atoms with Gasteiger partial charge in [0, 0.05) is 0 Å². The molecule has 0 aliphatic carbocycles. The topological polar surface area (TPSA) is 75.6 Å². The van der Waals surface area contributed by atoms with Crippen molar-refractivity contribution in [3.8, 4) is 5.75 Å². The first-order valence-corrected chi connectivity index (χ1v) is 8.67. The third-order valence-corrected chi connectivity index (χ3v) is 5.08. The summed E-state index contributed by atoms with van der Waals surface area (Å²) >= 11 is 0. The van der Waals surface area contributed by atoms with E-state index in [1.54, 1.807) is 4.72 Å². The van der Waals surface area contributed by atoms with Crippen molar-refractivity contribution >= 4 is 10.0 Å². The monoisotopic (exact) mass is 393 g/mol. The van der Waals surface area contributed by atoms with Crippen molar-refractivity contribution in [1.82, 2.24) is 4.72 Å². The number of alkyl halides is 3. The molecule has 0 radical (unpaired) electrons. The molecule has 2 rings (SSSR count). The highest BCUT2D eigenvalue weighted by molar-refractivity contribution is 7.89. The molecule has 0 unspecified atom stereocenters. The van der Waals surface area contributed by atoms with E-state index in [0.29, 0.717) is 6.07 Å². The average molecular weight is 393 g/mol. The molecular weight excluding hydrogens is 378 g/mol. The van der Waals surface area contributed by atoms with Crippen LogP contribution >= 0.6 is 0 Å². The quantitative estimate of drug-likeness (QED) is 0.740. The third kappa shape index (κ3) is 3.97. The van der Waals surface area contributed by atoms with Crippen LogP contribution in [0.15, 0.2) is 53.4 Å². The van der Waals surface area contributed by atoms with Gasteiger partial charge in [-0.05, 0) is 23.8 Å². The largest absolute Gasteiger partial charge is 0.495 e. The fourth-order valence-electron chi connectivity index (χ4n) is 2.22. The molecule has 0 fully saturated rings. The molecule has 2 N–H and O–H groups in total. The van der Waals surface area contributed by atoms with Crippen molar-refractivity contribution < 1.29 is 35.8 Å². The predicted molar refractivity (Wildman–Crippen MR) is 84.5 cm³/mol. The molecule has 0 aliphatic rings. The summed E-state index contributed by atoms with van der Waals surface area (Å²) in [7, 11) is -3.47. The standard InChI is InChI=1S/C16H15F4NO4S/c1-25-13-8-7-12(17)9-14(13)26(23,24)21-10-15(22,16(18,19)20)11-5-3-2-4-6-11/h2-9,21-22H,10H2,1H3/t15-/m1/s1. The molecule has 0 saturated carbocycles. The van der Waals surface area contributed by atoms with Gasteiger partial charge in [-0.25, -0.2) is 17.5 Å². The van der Waals surface area contributed by atoms with Crippen molar-refractivity contribution in [3.63, 3.8) is 0 Å². The number of sulfonamides is 1. The van der Waals surface area contributed by atoms with Crippen molar-refractivity contribution in [2.45, 2.75) is 16.7 Å². The second-order valence-electron chi connectivity index (χ2n) is 5.34. The Morgan fingerprint density at radius 2 is 1.73 bits per heavy atom. The lowest BCUT2D eigenvalue weighted by Crippen LogP contribution is -2.51. The van der Waals surface area contributed by atoms with E-state index in [1.807, 2.05) is 0 Å². The molecule has 0 amide bonds. The maximum Gasteiger partial charge on any atom is 0.422 e. The Bertz CT molecular complexity index is 872. The number of halogens is 4. The van der Waals surface area contributed by atoms with Crippen LogP contribution < -0.4 is 9.46 Å². The van der Waals surface area contributed by atoms with Crippen LogP contribution in [0.3, 0.4) is 0 Å². The Hall–Kier alpha value is -2.17. The summed E-state index contributed by atoms with van der Waals surface area (Å²) in [5, 5.41) is 10.2. The van der Waals surface area contributed by atoms with E-state index in [1.165, 1.54) is 18.2 Å². The van der Waals surface area contributed by atoms with Crippen LogP contribution in [0, 0.1) is 5.82 Å². The van der Waals surface area contributed by atoms with Crippen molar-refractivity contribution in [1.29, 1.82) is 0 Å². The number of benzene rings is 2. The van der Waals surface area contributed by atoms with Crippen LogP contribution in [-0.2, 0) is 15.6 Å². The summed E-state index contributed by atoms with van der Waals surface area (Å²) in [5.41, 5.74) is -4.01. The van der Waals surface area contributed by atoms with Gasteiger partial charge < -0.3 is 9.84 Å². The zero-order valence-electron chi connectivity index (χ0n) is 13.4. The number of hydrogen-bond acceptors (Lipinski definition) is 4. The maximum atomic E-state index is 13.4. The number of rotatable bonds is 6. The highest BCUT2D eigenvalue weighted by Crippen LogP contribution is 2.38. The third-order valence-electron chi connectivity index (χ3n) is 3.65. The van der Waals surface area contributed by atoms with E-state index in [-0.39, 0.29) is 5.75 Å². The number of ether oxygens (including phenoxy) is 1. The van der Waals surface area contributed by atoms with Gasteiger partial charge in [0.2, 0.25) is 10.0 Å². The summed E-state index contributed by atoms with van der Waals surface area (Å²) in [4.78, 5) is -0.683. The van der Waals surface area contributed by atoms with E-state index < -0.39 is 44.6 Å². The van der Waals surface area contributed by atoms with Gasteiger partial charge in [0.25, 0.3) is 0 Å². The summed E-state index contributed by atoms with van der Waals surface area (Å²) in [5.74, 6) is -1.17. The Kier molecular flexibility index (Phi) is 5.59. The van der Waals surface area contributed by atoms with Crippen molar-refractivity contribution in [3.05, 3.63) is 59.9 Å². The van der Waals surface area contributed by atoms with Gasteiger partial charge in [-0.15, -0.1) is 0 Å². The van der Waals surface area contributed by atoms with Crippen molar-refractivity contribution in [2.24, 2.45) is 0 Å². The van der Waals surface area contributed by atoms with Gasteiger partial charge in [0.1, 0.15) is 16.5 Å². The molecule has 142 valence electrons. The van der Waals surface area contributed by atoms with E-state index in [0.717, 1.165) is 31.4 Å². The number of aliphatic hydroxyl groups is 1. The summed E-state index contributed by atoms with van der Waals surface area (Å²) < 4.78 is 84.7. The van der Waals surface area contributed by atoms with Crippen LogP contribution in [-0.4, -0.2) is 33.4 Å². The molecule has 0 saturated heterocycles. The summed E-state index contributed by atoms with van der Waals surface area (Å²) in [6, 6.07) is 8.60. The first kappa shape index (κ1) is 20.1. The van der Waals surface area contributed by atoms with Crippen molar-refractivity contribution in [2.75, 3.05) is 13.7 Å². The fraction of sp³-hybridized carbons (Fsp3) is 0.250. The summed E-state index contributed by atoms with van der Waals surface area (Å²) in [6.07, 6.45) is -5.16. The van der Waals surface area contributed by atoms with Gasteiger partial charge in [-0.2, -0.15) is 13.2 Å². The molecule has 26 heavy (non-hydrogen) atoms. The minimum Gasteiger partial charge on any atom is -0.495 e. The number of hydrogen-bond donors (Lipinski definition) is 2. The first-order valence-electron chi connectivity index (χ1n) is 7.19. The molecule has 0 aliphatic heterocycles. The zero-order chi connectivity index (χ0) is 19.6. The molecule has 2 aromatic carbocycles. The number of methoxy groups -OCH3 is 1. The average Bonchev–Trinajstić information content (AvgIpc) is 2.59. The lowest BCUT2D eigenvalue weighted by atomic mass is 9.93. The van der Waals surface area contributed by atoms with Crippen LogP contribution in [0.2, 0.25) is 0 Å². The highest BCUT2D eigenvalue weighted by atomic mass is 32.2. The van der Waals surface area contributed by atoms with Gasteiger partial charge in [-0.3, -0.25) is 0 Å². The molecule has 0 bridgehead atoms. The molecule has 2 aromatic rings. The van der Waals surface area contributed by atoms with E-state index >= 15 is 0 Å². The number of nitrogens with one attached hydrogen (secondary N) is 1. The van der Waals surface area contributed by atoms with Crippen LogP contribution in [0.5, 0.6) is 5.75 Å².